The second-order valence-corrected chi connectivity index (χ2v) is 7.64. The molecule has 4 rings (SSSR count). The maximum atomic E-state index is 13.1. The Kier molecular flexibility index (Phi) is 4.24. The summed E-state index contributed by atoms with van der Waals surface area (Å²) in [7, 11) is 0. The number of nitrogens with zero attached hydrogens (tertiary/aromatic N) is 2. The monoisotopic (exact) mass is 420 g/mol. The van der Waals surface area contributed by atoms with Gasteiger partial charge in [-0.1, -0.05) is 35.3 Å². The highest BCUT2D eigenvalue weighted by molar-refractivity contribution is 6.33. The summed E-state index contributed by atoms with van der Waals surface area (Å²) in [6, 6.07) is 9.72. The summed E-state index contributed by atoms with van der Waals surface area (Å²) in [5, 5.41) is 10.5. The van der Waals surface area contributed by atoms with Crippen LogP contribution in [0.5, 0.6) is 5.75 Å². The smallest absolute Gasteiger partial charge is 0.349 e. The number of hydrogen-bond donors (Lipinski definition) is 1. The number of aromatic nitrogens is 2. The Balaban J connectivity index is 2.00. The van der Waals surface area contributed by atoms with E-state index in [1.807, 2.05) is 0 Å². The summed E-state index contributed by atoms with van der Waals surface area (Å²) < 4.78 is 7.92. The average Bonchev–Trinajstić information content (AvgIpc) is 2.66. The molecule has 1 aromatic heterocycles. The molecule has 0 amide bonds. The van der Waals surface area contributed by atoms with Gasteiger partial charge in [0.1, 0.15) is 5.52 Å². The highest BCUT2D eigenvalue weighted by Gasteiger charge is 2.42. The number of carboxylic acids is 1. The molecule has 144 valence electrons. The van der Waals surface area contributed by atoms with E-state index in [4.69, 9.17) is 27.9 Å². The molecule has 1 aliphatic rings. The Morgan fingerprint density at radius 3 is 2.50 bits per heavy atom. The molecule has 2 aromatic carbocycles. The van der Waals surface area contributed by atoms with Crippen LogP contribution < -0.4 is 16.0 Å². The minimum Gasteiger partial charge on any atom is -0.478 e. The predicted octanol–water partition coefficient (Wildman–Crippen LogP) is 2.75. The zero-order chi connectivity index (χ0) is 20.2. The van der Waals surface area contributed by atoms with Crippen LogP contribution in [-0.4, -0.2) is 25.8 Å². The lowest BCUT2D eigenvalue weighted by molar-refractivity contribution is -0.155. The standard InChI is InChI=1S/C19H14Cl2N2O5/c1-19(17(25)26)9-23-14-12(6-7-13(21)15(14)28-19)16(24)22(18(23)27)8-10-2-4-11(20)5-3-10/h2-7H,8-9H2,1H3,(H,25,26). The number of carboxylic acid groups (broad SMARTS) is 1. The molecule has 0 radical (unpaired) electrons. The van der Waals surface area contributed by atoms with Gasteiger partial charge in [0.05, 0.1) is 23.5 Å². The van der Waals surface area contributed by atoms with Crippen LogP contribution in [0.4, 0.5) is 0 Å². The van der Waals surface area contributed by atoms with E-state index < -0.39 is 22.8 Å². The van der Waals surface area contributed by atoms with E-state index in [2.05, 4.69) is 0 Å². The summed E-state index contributed by atoms with van der Waals surface area (Å²) in [6.45, 7) is 1.12. The van der Waals surface area contributed by atoms with Crippen LogP contribution in [0.1, 0.15) is 12.5 Å². The number of halogens is 2. The van der Waals surface area contributed by atoms with Crippen LogP contribution in [0.25, 0.3) is 10.9 Å². The zero-order valence-electron chi connectivity index (χ0n) is 14.6. The molecule has 0 fully saturated rings. The summed E-state index contributed by atoms with van der Waals surface area (Å²) >= 11 is 12.1. The van der Waals surface area contributed by atoms with E-state index in [0.29, 0.717) is 10.6 Å². The molecule has 2 heterocycles. The lowest BCUT2D eigenvalue weighted by Crippen LogP contribution is -2.52. The third-order valence-corrected chi connectivity index (χ3v) is 5.33. The number of benzene rings is 2. The van der Waals surface area contributed by atoms with Gasteiger partial charge in [-0.3, -0.25) is 13.9 Å². The number of rotatable bonds is 3. The van der Waals surface area contributed by atoms with Crippen molar-refractivity contribution in [1.29, 1.82) is 0 Å². The van der Waals surface area contributed by atoms with Crippen molar-refractivity contribution in [2.24, 2.45) is 0 Å². The topological polar surface area (TPSA) is 90.5 Å². The molecule has 0 saturated carbocycles. The number of aliphatic carboxylic acids is 1. The number of hydrogen-bond acceptors (Lipinski definition) is 4. The second kappa shape index (κ2) is 6.39. The average molecular weight is 421 g/mol. The molecule has 1 N–H and O–H groups in total. The van der Waals surface area contributed by atoms with Gasteiger partial charge >= 0.3 is 11.7 Å². The van der Waals surface area contributed by atoms with Crippen molar-refractivity contribution in [2.75, 3.05) is 0 Å². The van der Waals surface area contributed by atoms with Gasteiger partial charge < -0.3 is 9.84 Å². The van der Waals surface area contributed by atoms with Gasteiger partial charge in [0.2, 0.25) is 5.60 Å². The first kappa shape index (κ1) is 18.6. The number of ether oxygens (including phenoxy) is 1. The molecule has 7 nitrogen and oxygen atoms in total. The molecule has 28 heavy (non-hydrogen) atoms. The maximum Gasteiger partial charge on any atom is 0.349 e. The third kappa shape index (κ3) is 2.78. The van der Waals surface area contributed by atoms with Gasteiger partial charge in [-0.2, -0.15) is 0 Å². The van der Waals surface area contributed by atoms with Crippen molar-refractivity contribution in [3.63, 3.8) is 0 Å². The summed E-state index contributed by atoms with van der Waals surface area (Å²) in [5.41, 5.74) is -1.93. The SMILES string of the molecule is CC1(C(=O)O)Cn2c(=O)n(Cc3ccc(Cl)cc3)c(=O)c3ccc(Cl)c(c32)O1. The lowest BCUT2D eigenvalue weighted by Gasteiger charge is -2.33. The van der Waals surface area contributed by atoms with E-state index in [1.165, 1.54) is 23.6 Å². The fourth-order valence-corrected chi connectivity index (χ4v) is 3.60. The highest BCUT2D eigenvalue weighted by atomic mass is 35.5. The zero-order valence-corrected chi connectivity index (χ0v) is 16.1. The van der Waals surface area contributed by atoms with Crippen LogP contribution >= 0.6 is 23.2 Å². The van der Waals surface area contributed by atoms with Crippen LogP contribution in [0.2, 0.25) is 10.0 Å². The van der Waals surface area contributed by atoms with Crippen molar-refractivity contribution < 1.29 is 14.6 Å². The van der Waals surface area contributed by atoms with Gasteiger partial charge in [-0.05, 0) is 36.8 Å². The van der Waals surface area contributed by atoms with E-state index in [1.54, 1.807) is 24.3 Å². The summed E-state index contributed by atoms with van der Waals surface area (Å²) in [6.07, 6.45) is 0. The lowest BCUT2D eigenvalue weighted by atomic mass is 10.0. The molecule has 3 aromatic rings. The maximum absolute atomic E-state index is 13.1. The van der Waals surface area contributed by atoms with Gasteiger partial charge in [-0.15, -0.1) is 0 Å². The largest absolute Gasteiger partial charge is 0.478 e. The predicted molar refractivity (Wildman–Crippen MR) is 105 cm³/mol. The van der Waals surface area contributed by atoms with E-state index in [9.17, 15) is 19.5 Å². The minimum absolute atomic E-state index is 0.0168. The van der Waals surface area contributed by atoms with E-state index >= 15 is 0 Å². The van der Waals surface area contributed by atoms with Gasteiger partial charge in [0.25, 0.3) is 5.56 Å². The Morgan fingerprint density at radius 1 is 1.18 bits per heavy atom. The molecule has 1 aliphatic heterocycles. The van der Waals surface area contributed by atoms with Crippen molar-refractivity contribution in [1.82, 2.24) is 9.13 Å². The Morgan fingerprint density at radius 2 is 1.86 bits per heavy atom. The van der Waals surface area contributed by atoms with Crippen molar-refractivity contribution in [3.05, 3.63) is 72.8 Å². The molecule has 9 heteroatoms. The Hall–Kier alpha value is -2.77. The molecule has 0 bridgehead atoms. The quantitative estimate of drug-likeness (QED) is 0.703. The van der Waals surface area contributed by atoms with Crippen LogP contribution in [0, 0.1) is 0 Å². The normalized spacial score (nSPS) is 18.1. The van der Waals surface area contributed by atoms with Crippen molar-refractivity contribution in [3.8, 4) is 5.75 Å². The summed E-state index contributed by atoms with van der Waals surface area (Å²) in [5.74, 6) is -1.23. The van der Waals surface area contributed by atoms with Crippen molar-refractivity contribution in [2.45, 2.75) is 25.6 Å². The molecule has 1 unspecified atom stereocenters. The van der Waals surface area contributed by atoms with E-state index in [-0.39, 0.29) is 34.8 Å². The van der Waals surface area contributed by atoms with Crippen LogP contribution in [0.15, 0.2) is 46.0 Å². The number of carbonyl (C=O) groups is 1. The van der Waals surface area contributed by atoms with Crippen LogP contribution in [0.3, 0.4) is 0 Å². The van der Waals surface area contributed by atoms with Gasteiger partial charge in [0.15, 0.2) is 5.75 Å². The molecule has 0 spiro atoms. The van der Waals surface area contributed by atoms with Gasteiger partial charge in [-0.25, -0.2) is 9.59 Å². The molecular weight excluding hydrogens is 407 g/mol. The Bertz CT molecular complexity index is 1250. The molecular formula is C19H14Cl2N2O5. The molecule has 0 saturated heterocycles. The minimum atomic E-state index is -1.70. The summed E-state index contributed by atoms with van der Waals surface area (Å²) in [4.78, 5) is 37.8. The molecule has 1 atom stereocenters. The molecule has 0 aliphatic carbocycles. The van der Waals surface area contributed by atoms with E-state index in [0.717, 1.165) is 4.57 Å². The first-order chi connectivity index (χ1) is 13.2. The third-order valence-electron chi connectivity index (χ3n) is 4.78. The fourth-order valence-electron chi connectivity index (χ4n) is 3.29. The van der Waals surface area contributed by atoms with Crippen LogP contribution in [-0.2, 0) is 17.9 Å². The first-order valence-corrected chi connectivity index (χ1v) is 9.09. The highest BCUT2D eigenvalue weighted by Crippen LogP contribution is 2.38. The second-order valence-electron chi connectivity index (χ2n) is 6.80. The Labute approximate surface area is 168 Å². The van der Waals surface area contributed by atoms with Crippen molar-refractivity contribution >= 4 is 40.1 Å². The fraction of sp³-hybridized carbons (Fsp3) is 0.211. The first-order valence-electron chi connectivity index (χ1n) is 8.34. The van der Waals surface area contributed by atoms with Gasteiger partial charge in [0, 0.05) is 5.02 Å².